The molecule has 0 spiro atoms. The van der Waals surface area contributed by atoms with Gasteiger partial charge in [0.25, 0.3) is 0 Å². The van der Waals surface area contributed by atoms with Crippen LogP contribution >= 0.6 is 0 Å². The van der Waals surface area contributed by atoms with Crippen LogP contribution in [0.4, 0.5) is 4.79 Å². The van der Waals surface area contributed by atoms with Crippen LogP contribution in [-0.2, 0) is 25.5 Å². The maximum atomic E-state index is 14.8. The molecule has 5 unspecified atom stereocenters. The first-order valence-electron chi connectivity index (χ1n) is 24.9. The molecule has 356 valence electrons. The Bertz CT molecular complexity index is 1670. The highest BCUT2D eigenvalue weighted by Crippen LogP contribution is 2.68. The summed E-state index contributed by atoms with van der Waals surface area (Å²) in [4.78, 5) is 71.6. The number of H-pyrrole nitrogens is 1. The lowest BCUT2D eigenvalue weighted by molar-refractivity contribution is -0.145. The number of nitrogens with one attached hydrogen (secondary N) is 3. The van der Waals surface area contributed by atoms with E-state index in [1.165, 1.54) is 70.5 Å². The summed E-state index contributed by atoms with van der Waals surface area (Å²) in [6, 6.07) is -2.22. The second-order valence-electron chi connectivity index (χ2n) is 22.8. The molecule has 3 N–H and O–H groups in total. The number of nitrogens with zero attached hydrogens (tertiary/aromatic N) is 5. The van der Waals surface area contributed by atoms with Crippen molar-refractivity contribution in [2.75, 3.05) is 60.9 Å². The van der Waals surface area contributed by atoms with E-state index in [0.29, 0.717) is 54.3 Å². The molecule has 4 aliphatic carbocycles. The van der Waals surface area contributed by atoms with E-state index >= 15 is 0 Å². The summed E-state index contributed by atoms with van der Waals surface area (Å²) in [6.07, 6.45) is 19.7. The van der Waals surface area contributed by atoms with Crippen LogP contribution < -0.4 is 10.6 Å². The maximum Gasteiger partial charge on any atom is 0.408 e. The zero-order chi connectivity index (χ0) is 45.7. The molecule has 5 aliphatic rings. The van der Waals surface area contributed by atoms with Crippen LogP contribution in [0.1, 0.15) is 144 Å². The van der Waals surface area contributed by atoms with Gasteiger partial charge < -0.3 is 40.0 Å². The van der Waals surface area contributed by atoms with Crippen molar-refractivity contribution in [3.05, 3.63) is 18.2 Å². The predicted molar refractivity (Wildman–Crippen MR) is 249 cm³/mol. The van der Waals surface area contributed by atoms with Crippen molar-refractivity contribution >= 4 is 23.8 Å². The summed E-state index contributed by atoms with van der Waals surface area (Å²) in [5.41, 5.74) is 0.714. The zero-order valence-electron chi connectivity index (χ0n) is 41.0. The molecule has 63 heavy (non-hydrogen) atoms. The number of aromatic amines is 1. The van der Waals surface area contributed by atoms with Gasteiger partial charge in [-0.15, -0.1) is 0 Å². The quantitative estimate of drug-likeness (QED) is 0.142. The largest absolute Gasteiger partial charge is 0.444 e. The smallest absolute Gasteiger partial charge is 0.408 e. The third-order valence-corrected chi connectivity index (χ3v) is 16.7. The van der Waals surface area contributed by atoms with Crippen molar-refractivity contribution in [3.8, 4) is 0 Å². The van der Waals surface area contributed by atoms with Gasteiger partial charge in [0, 0.05) is 44.7 Å². The van der Waals surface area contributed by atoms with E-state index in [4.69, 9.17) is 4.74 Å². The van der Waals surface area contributed by atoms with Crippen LogP contribution in [0, 0.1) is 46.3 Å². The molecule has 11 atom stereocenters. The number of alkyl carbamates (subject to hydrolysis) is 1. The fourth-order valence-electron chi connectivity index (χ4n) is 13.7. The van der Waals surface area contributed by atoms with Crippen molar-refractivity contribution in [2.24, 2.45) is 46.3 Å². The fourth-order valence-corrected chi connectivity index (χ4v) is 13.7. The summed E-state index contributed by atoms with van der Waals surface area (Å²) < 4.78 is 5.59. The average molecular weight is 879 g/mol. The Balaban J connectivity index is 1.14. The van der Waals surface area contributed by atoms with Gasteiger partial charge in [0.1, 0.15) is 17.7 Å². The van der Waals surface area contributed by atoms with Gasteiger partial charge in [0.05, 0.1) is 12.0 Å². The maximum absolute atomic E-state index is 14.8. The third-order valence-electron chi connectivity index (χ3n) is 16.7. The van der Waals surface area contributed by atoms with Gasteiger partial charge in [-0.05, 0) is 185 Å². The van der Waals surface area contributed by atoms with Gasteiger partial charge in [0.2, 0.25) is 17.7 Å². The summed E-state index contributed by atoms with van der Waals surface area (Å²) in [5.74, 6) is 4.04. The second-order valence-corrected chi connectivity index (χ2v) is 22.8. The lowest BCUT2D eigenvalue weighted by Gasteiger charge is -2.61. The molecular formula is C50H86N8O5. The summed E-state index contributed by atoms with van der Waals surface area (Å²) in [5, 5.41) is 6.10. The number of imidazole rings is 1. The van der Waals surface area contributed by atoms with E-state index in [1.807, 2.05) is 33.1 Å². The molecule has 5 fully saturated rings. The van der Waals surface area contributed by atoms with Crippen molar-refractivity contribution in [1.82, 2.24) is 40.2 Å². The van der Waals surface area contributed by atoms with Crippen molar-refractivity contribution in [3.63, 3.8) is 0 Å². The molecule has 13 heteroatoms. The zero-order valence-corrected chi connectivity index (χ0v) is 41.0. The molecule has 4 saturated carbocycles. The minimum atomic E-state index is -1.03. The number of hydrogen-bond acceptors (Lipinski definition) is 8. The number of amides is 4. The van der Waals surface area contributed by atoms with Crippen molar-refractivity contribution < 1.29 is 23.9 Å². The van der Waals surface area contributed by atoms with Gasteiger partial charge >= 0.3 is 6.09 Å². The number of aromatic nitrogens is 2. The number of likely N-dealkylation sites (tertiary alicyclic amines) is 1. The summed E-state index contributed by atoms with van der Waals surface area (Å²) in [6.45, 7) is 16.0. The normalized spacial score (nSPS) is 31.5. The molecule has 1 aliphatic heterocycles. The lowest BCUT2D eigenvalue weighted by atomic mass is 9.44. The van der Waals surface area contributed by atoms with Crippen molar-refractivity contribution in [1.29, 1.82) is 0 Å². The molecule has 13 nitrogen and oxygen atoms in total. The Kier molecular flexibility index (Phi) is 16.4. The molecule has 6 rings (SSSR count). The Hall–Kier alpha value is -3.19. The first-order chi connectivity index (χ1) is 29.8. The van der Waals surface area contributed by atoms with Crippen LogP contribution in [0.5, 0.6) is 0 Å². The van der Waals surface area contributed by atoms with Gasteiger partial charge in [0.15, 0.2) is 0 Å². The first kappa shape index (κ1) is 49.2. The average Bonchev–Trinajstić information content (AvgIpc) is 3.96. The van der Waals surface area contributed by atoms with E-state index in [2.05, 4.69) is 51.2 Å². The van der Waals surface area contributed by atoms with E-state index in [1.54, 1.807) is 31.9 Å². The highest BCUT2D eigenvalue weighted by molar-refractivity contribution is 5.92. The molecule has 0 aromatic carbocycles. The number of rotatable bonds is 18. The number of fused-ring (bicyclic) bond motifs is 5. The van der Waals surface area contributed by atoms with Gasteiger partial charge in [-0.2, -0.15) is 0 Å². The van der Waals surface area contributed by atoms with Gasteiger partial charge in [-0.25, -0.2) is 9.78 Å². The van der Waals surface area contributed by atoms with Crippen LogP contribution in [-0.4, -0.2) is 138 Å². The molecule has 2 heterocycles. The number of ether oxygens (including phenoxy) is 1. The Morgan fingerprint density at radius 3 is 2.25 bits per heavy atom. The van der Waals surface area contributed by atoms with E-state index in [0.717, 1.165) is 56.0 Å². The summed E-state index contributed by atoms with van der Waals surface area (Å²) in [7, 11) is 8.10. The van der Waals surface area contributed by atoms with Crippen LogP contribution in [0.3, 0.4) is 0 Å². The predicted octanol–water partition coefficient (Wildman–Crippen LogP) is 7.13. The first-order valence-corrected chi connectivity index (χ1v) is 24.9. The van der Waals surface area contributed by atoms with Crippen LogP contribution in [0.25, 0.3) is 0 Å². The molecule has 0 radical (unpaired) electrons. The third kappa shape index (κ3) is 12.0. The Labute approximate surface area is 380 Å². The molecule has 1 aromatic heterocycles. The summed E-state index contributed by atoms with van der Waals surface area (Å²) >= 11 is 0. The Morgan fingerprint density at radius 2 is 1.60 bits per heavy atom. The van der Waals surface area contributed by atoms with E-state index in [9.17, 15) is 19.2 Å². The van der Waals surface area contributed by atoms with E-state index in [-0.39, 0.29) is 30.7 Å². The highest BCUT2D eigenvalue weighted by Gasteiger charge is 2.60. The minimum absolute atomic E-state index is 0.0203. The van der Waals surface area contributed by atoms with E-state index < -0.39 is 29.8 Å². The topological polar surface area (TPSA) is 143 Å². The second kappa shape index (κ2) is 21.0. The SMILES string of the molecule is C[C@H](CCC(=O)N[C@H]1C[C@@H](C(=O)N(CCCN(C)C)CCCN(C)C)N(C(=O)C(Cc2c[nH]cn2)NC(=O)OC(C)(C)C)C1)[C@H]1CCC2C3CCC4CCCC[C@]4(C)C3CC[C@@]21C. The monoisotopic (exact) mass is 879 g/mol. The van der Waals surface area contributed by atoms with Crippen LogP contribution in [0.2, 0.25) is 0 Å². The number of carbonyl (C=O) groups excluding carboxylic acids is 4. The minimum Gasteiger partial charge on any atom is -0.444 e. The standard InChI is InChI=1S/C50H86N8O5/c1-34(39-19-20-40-38-18-17-35-15-11-12-23-49(35,5)41(38)22-24-50(39,40)6)16-21-44(59)53-37-30-43(46(61)57(27-13-25-55(7)8)28-14-26-56(9)10)58(32-37)45(60)42(29-36-31-51-33-52-36)54-47(62)63-48(2,3)4/h31,33-35,37-43H,11-30,32H2,1-10H3,(H,51,52)(H,53,59)(H,54,62)/t34-,35?,37+,38?,39-,40?,41?,42?,43+,49+,50-/m1/s1. The lowest BCUT2D eigenvalue weighted by Crippen LogP contribution is -2.55. The number of carbonyl (C=O) groups is 4. The number of hydrogen-bond donors (Lipinski definition) is 3. The Morgan fingerprint density at radius 1 is 0.905 bits per heavy atom. The fraction of sp³-hybridized carbons (Fsp3) is 0.860. The molecule has 1 saturated heterocycles. The van der Waals surface area contributed by atoms with Gasteiger partial charge in [-0.3, -0.25) is 14.4 Å². The molecule has 1 aromatic rings. The van der Waals surface area contributed by atoms with Crippen LogP contribution in [0.15, 0.2) is 12.5 Å². The molecule has 4 amide bonds. The molecule has 0 bridgehead atoms. The van der Waals surface area contributed by atoms with Gasteiger partial charge in [-0.1, -0.05) is 33.6 Å². The highest BCUT2D eigenvalue weighted by atomic mass is 16.6. The molecular weight excluding hydrogens is 793 g/mol. The van der Waals surface area contributed by atoms with Crippen molar-refractivity contribution in [2.45, 2.75) is 168 Å².